The van der Waals surface area contributed by atoms with E-state index in [2.05, 4.69) is 0 Å². The number of rotatable bonds is 9. The van der Waals surface area contributed by atoms with Crippen molar-refractivity contribution in [3.63, 3.8) is 0 Å². The van der Waals surface area contributed by atoms with E-state index in [0.717, 1.165) is 16.7 Å². The zero-order chi connectivity index (χ0) is 22.2. The topological polar surface area (TPSA) is 57.2 Å². The lowest BCUT2D eigenvalue weighted by molar-refractivity contribution is -0.308. The van der Waals surface area contributed by atoms with Crippen LogP contribution in [0, 0.1) is 0 Å². The molecule has 3 aromatic carbocycles. The molecule has 0 spiro atoms. The zero-order valence-corrected chi connectivity index (χ0v) is 18.2. The van der Waals surface area contributed by atoms with Gasteiger partial charge in [0.25, 0.3) is 0 Å². The Balaban J connectivity index is 1.50. The molecule has 1 aliphatic heterocycles. The van der Waals surface area contributed by atoms with Gasteiger partial charge in [-0.05, 0) is 23.6 Å². The molecule has 0 saturated carbocycles. The molecule has 1 heterocycles. The molecule has 1 saturated heterocycles. The van der Waals surface area contributed by atoms with Crippen molar-refractivity contribution in [2.75, 3.05) is 0 Å². The van der Waals surface area contributed by atoms with Crippen LogP contribution in [0.5, 0.6) is 0 Å². The Morgan fingerprint density at radius 3 is 1.41 bits per heavy atom. The lowest BCUT2D eigenvalue weighted by Gasteiger charge is -2.43. The number of ether oxygens (including phenoxy) is 4. The summed E-state index contributed by atoms with van der Waals surface area (Å²) in [7, 11) is 0. The summed E-state index contributed by atoms with van der Waals surface area (Å²) in [4.78, 5) is 0. The van der Waals surface area contributed by atoms with Gasteiger partial charge >= 0.3 is 0 Å². The summed E-state index contributed by atoms with van der Waals surface area (Å²) in [5.74, 6) is 0. The van der Waals surface area contributed by atoms with Gasteiger partial charge in [-0.15, -0.1) is 0 Å². The molecule has 168 valence electrons. The van der Waals surface area contributed by atoms with E-state index < -0.39 is 24.6 Å². The Bertz CT molecular complexity index is 863. The fourth-order valence-corrected chi connectivity index (χ4v) is 3.89. The summed E-state index contributed by atoms with van der Waals surface area (Å²) in [6.45, 7) is 3.05. The lowest BCUT2D eigenvalue weighted by Crippen LogP contribution is -2.59. The van der Waals surface area contributed by atoms with E-state index in [0.29, 0.717) is 19.8 Å². The summed E-state index contributed by atoms with van der Waals surface area (Å²) in [6.07, 6.45) is -3.04. The molecule has 32 heavy (non-hydrogen) atoms. The fraction of sp³-hybridized carbons (Fsp3) is 0.333. The molecule has 0 unspecified atom stereocenters. The molecule has 1 aliphatic rings. The Morgan fingerprint density at radius 2 is 0.969 bits per heavy atom. The van der Waals surface area contributed by atoms with Gasteiger partial charge in [-0.25, -0.2) is 0 Å². The van der Waals surface area contributed by atoms with E-state index in [-0.39, 0.29) is 6.10 Å². The van der Waals surface area contributed by atoms with Crippen LogP contribution in [-0.4, -0.2) is 35.8 Å². The second-order valence-corrected chi connectivity index (χ2v) is 8.02. The van der Waals surface area contributed by atoms with E-state index in [1.807, 2.05) is 97.9 Å². The first-order valence-electron chi connectivity index (χ1n) is 11.0. The van der Waals surface area contributed by atoms with Crippen molar-refractivity contribution in [3.05, 3.63) is 108 Å². The van der Waals surface area contributed by atoms with Crippen LogP contribution in [0.15, 0.2) is 91.0 Å². The zero-order valence-electron chi connectivity index (χ0n) is 18.2. The number of benzene rings is 3. The van der Waals surface area contributed by atoms with E-state index in [1.165, 1.54) is 0 Å². The summed E-state index contributed by atoms with van der Waals surface area (Å²) in [5.41, 5.74) is 3.13. The molecule has 0 bridgehead atoms. The molecule has 1 fully saturated rings. The molecule has 5 atom stereocenters. The van der Waals surface area contributed by atoms with Crippen LogP contribution in [0.1, 0.15) is 23.6 Å². The molecule has 0 aliphatic carbocycles. The third kappa shape index (κ3) is 6.03. The standard InChI is InChI=1S/C27H30O5/c1-20-24(29-17-21-11-5-2-6-12-21)25(30-18-22-13-7-3-8-14-22)26(27(28)32-20)31-19-23-15-9-4-10-16-23/h2-16,20,24-28H,17-19H2,1H3/t20-,24-,25+,26-,27-/m1/s1. The smallest absolute Gasteiger partial charge is 0.184 e. The van der Waals surface area contributed by atoms with Gasteiger partial charge in [0.2, 0.25) is 0 Å². The molecule has 5 heteroatoms. The van der Waals surface area contributed by atoms with E-state index in [9.17, 15) is 5.11 Å². The molecule has 0 aromatic heterocycles. The van der Waals surface area contributed by atoms with Crippen LogP contribution in [0.25, 0.3) is 0 Å². The van der Waals surface area contributed by atoms with Crippen LogP contribution in [0.2, 0.25) is 0 Å². The second kappa shape index (κ2) is 11.4. The predicted octanol–water partition coefficient (Wildman–Crippen LogP) is 4.48. The molecule has 1 N–H and O–H groups in total. The molecule has 4 rings (SSSR count). The first-order chi connectivity index (χ1) is 15.7. The van der Waals surface area contributed by atoms with Crippen molar-refractivity contribution in [1.29, 1.82) is 0 Å². The molecule has 5 nitrogen and oxygen atoms in total. The maximum atomic E-state index is 10.7. The number of hydrogen-bond donors (Lipinski definition) is 1. The summed E-state index contributed by atoms with van der Waals surface area (Å²) in [6, 6.07) is 29.8. The monoisotopic (exact) mass is 434 g/mol. The van der Waals surface area contributed by atoms with Gasteiger partial charge in [-0.2, -0.15) is 0 Å². The second-order valence-electron chi connectivity index (χ2n) is 8.02. The van der Waals surface area contributed by atoms with Gasteiger partial charge < -0.3 is 24.1 Å². The van der Waals surface area contributed by atoms with Gasteiger partial charge in [-0.3, -0.25) is 0 Å². The van der Waals surface area contributed by atoms with Gasteiger partial charge in [0.15, 0.2) is 6.29 Å². The van der Waals surface area contributed by atoms with E-state index in [1.54, 1.807) is 0 Å². The average molecular weight is 435 g/mol. The maximum Gasteiger partial charge on any atom is 0.184 e. The largest absolute Gasteiger partial charge is 0.368 e. The number of hydrogen-bond acceptors (Lipinski definition) is 5. The maximum absolute atomic E-state index is 10.7. The third-order valence-corrected chi connectivity index (χ3v) is 5.60. The first kappa shape index (κ1) is 22.6. The van der Waals surface area contributed by atoms with Crippen LogP contribution < -0.4 is 0 Å². The van der Waals surface area contributed by atoms with Crippen LogP contribution in [0.3, 0.4) is 0 Å². The SMILES string of the molecule is C[C@H]1O[C@@H](O)[C@H](OCc2ccccc2)[C@@H](OCc2ccccc2)[C@@H]1OCc1ccccc1. The van der Waals surface area contributed by atoms with E-state index in [4.69, 9.17) is 18.9 Å². The predicted molar refractivity (Wildman–Crippen MR) is 122 cm³/mol. The van der Waals surface area contributed by atoms with Crippen LogP contribution in [-0.2, 0) is 38.8 Å². The minimum atomic E-state index is -1.11. The van der Waals surface area contributed by atoms with Crippen molar-refractivity contribution in [2.45, 2.75) is 57.5 Å². The highest BCUT2D eigenvalue weighted by Gasteiger charge is 2.46. The molecule has 3 aromatic rings. The van der Waals surface area contributed by atoms with Gasteiger partial charge in [0.05, 0.1) is 25.9 Å². The Kier molecular flexibility index (Phi) is 8.04. The summed E-state index contributed by atoms with van der Waals surface area (Å²) < 4.78 is 24.5. The fourth-order valence-electron chi connectivity index (χ4n) is 3.89. The molecular formula is C27H30O5. The first-order valence-corrected chi connectivity index (χ1v) is 11.0. The normalized spacial score (nSPS) is 25.5. The van der Waals surface area contributed by atoms with Gasteiger partial charge in [0, 0.05) is 0 Å². The van der Waals surface area contributed by atoms with Gasteiger partial charge in [-0.1, -0.05) is 91.0 Å². The number of aliphatic hydroxyl groups excluding tert-OH is 1. The Hall–Kier alpha value is -2.54. The van der Waals surface area contributed by atoms with E-state index >= 15 is 0 Å². The molecule has 0 amide bonds. The van der Waals surface area contributed by atoms with Crippen LogP contribution >= 0.6 is 0 Å². The quantitative estimate of drug-likeness (QED) is 0.538. The minimum absolute atomic E-state index is 0.344. The molecular weight excluding hydrogens is 404 g/mol. The van der Waals surface area contributed by atoms with Gasteiger partial charge in [0.1, 0.15) is 18.3 Å². The van der Waals surface area contributed by atoms with Crippen LogP contribution in [0.4, 0.5) is 0 Å². The van der Waals surface area contributed by atoms with Crippen molar-refractivity contribution in [1.82, 2.24) is 0 Å². The highest BCUT2D eigenvalue weighted by molar-refractivity contribution is 5.15. The Labute approximate surface area is 189 Å². The third-order valence-electron chi connectivity index (χ3n) is 5.60. The van der Waals surface area contributed by atoms with Crippen molar-refractivity contribution in [3.8, 4) is 0 Å². The minimum Gasteiger partial charge on any atom is -0.368 e. The Morgan fingerprint density at radius 1 is 0.594 bits per heavy atom. The number of aliphatic hydroxyl groups is 1. The van der Waals surface area contributed by atoms with Crippen molar-refractivity contribution < 1.29 is 24.1 Å². The summed E-state index contributed by atoms with van der Waals surface area (Å²) in [5, 5.41) is 10.7. The van der Waals surface area contributed by atoms with Crippen molar-refractivity contribution >= 4 is 0 Å². The lowest BCUT2D eigenvalue weighted by atomic mass is 9.98. The highest BCUT2D eigenvalue weighted by atomic mass is 16.7. The van der Waals surface area contributed by atoms with Crippen molar-refractivity contribution in [2.24, 2.45) is 0 Å². The summed E-state index contributed by atoms with van der Waals surface area (Å²) >= 11 is 0. The molecule has 0 radical (unpaired) electrons. The highest BCUT2D eigenvalue weighted by Crippen LogP contribution is 2.29. The average Bonchev–Trinajstić information content (AvgIpc) is 2.83.